The van der Waals surface area contributed by atoms with Crippen LogP contribution in [0.1, 0.15) is 6.42 Å². The zero-order chi connectivity index (χ0) is 12.8. The molecule has 1 aromatic heterocycles. The van der Waals surface area contributed by atoms with Gasteiger partial charge in [0.2, 0.25) is 0 Å². The van der Waals surface area contributed by atoms with Gasteiger partial charge in [-0.05, 0) is 36.0 Å². The number of pyridine rings is 1. The van der Waals surface area contributed by atoms with Gasteiger partial charge in [-0.2, -0.15) is 11.8 Å². The molecule has 0 radical (unpaired) electrons. The summed E-state index contributed by atoms with van der Waals surface area (Å²) in [5.41, 5.74) is 0. The van der Waals surface area contributed by atoms with Crippen molar-refractivity contribution in [3.8, 4) is 5.75 Å². The molecule has 1 aliphatic rings. The largest absolute Gasteiger partial charge is 0.491 e. The number of hydrogen-bond donors (Lipinski definition) is 0. The van der Waals surface area contributed by atoms with Crippen molar-refractivity contribution in [1.82, 2.24) is 4.98 Å². The molecule has 4 nitrogen and oxygen atoms in total. The third-order valence-electron chi connectivity index (χ3n) is 3.10. The Bertz CT molecular complexity index is 379. The number of rotatable bonds is 5. The van der Waals surface area contributed by atoms with Crippen LogP contribution in [0.25, 0.3) is 0 Å². The van der Waals surface area contributed by atoms with Gasteiger partial charge in [-0.3, -0.25) is 9.78 Å². The molecule has 18 heavy (non-hydrogen) atoms. The van der Waals surface area contributed by atoms with Crippen LogP contribution in [0, 0.1) is 11.8 Å². The first-order chi connectivity index (χ1) is 8.81. The lowest BCUT2D eigenvalue weighted by molar-refractivity contribution is -0.148. The van der Waals surface area contributed by atoms with E-state index in [0.717, 1.165) is 17.9 Å². The van der Waals surface area contributed by atoms with Crippen LogP contribution in [-0.2, 0) is 9.53 Å². The number of methoxy groups -OCH3 is 1. The Kier molecular flexibility index (Phi) is 4.87. The molecule has 2 heterocycles. The SMILES string of the molecule is COC(=O)C(COc1cccnc1)C1CCSC1. The van der Waals surface area contributed by atoms with E-state index in [1.54, 1.807) is 12.4 Å². The lowest BCUT2D eigenvalue weighted by atomic mass is 9.92. The summed E-state index contributed by atoms with van der Waals surface area (Å²) in [5.74, 6) is 2.83. The van der Waals surface area contributed by atoms with Gasteiger partial charge in [-0.25, -0.2) is 0 Å². The van der Waals surface area contributed by atoms with Crippen molar-refractivity contribution in [2.75, 3.05) is 25.2 Å². The van der Waals surface area contributed by atoms with Gasteiger partial charge in [0.25, 0.3) is 0 Å². The van der Waals surface area contributed by atoms with E-state index in [0.29, 0.717) is 18.3 Å². The Balaban J connectivity index is 1.94. The third kappa shape index (κ3) is 3.38. The first kappa shape index (κ1) is 13.2. The predicted molar refractivity (Wildman–Crippen MR) is 70.7 cm³/mol. The van der Waals surface area contributed by atoms with Gasteiger partial charge in [0.15, 0.2) is 0 Å². The van der Waals surface area contributed by atoms with Crippen molar-refractivity contribution in [2.45, 2.75) is 6.42 Å². The van der Waals surface area contributed by atoms with E-state index in [1.807, 2.05) is 23.9 Å². The van der Waals surface area contributed by atoms with Gasteiger partial charge >= 0.3 is 5.97 Å². The van der Waals surface area contributed by atoms with E-state index >= 15 is 0 Å². The molecule has 0 amide bonds. The van der Waals surface area contributed by atoms with Crippen LogP contribution in [0.5, 0.6) is 5.75 Å². The Hall–Kier alpha value is -1.23. The van der Waals surface area contributed by atoms with E-state index in [2.05, 4.69) is 4.98 Å². The highest BCUT2D eigenvalue weighted by atomic mass is 32.2. The van der Waals surface area contributed by atoms with Gasteiger partial charge in [0.05, 0.1) is 19.2 Å². The summed E-state index contributed by atoms with van der Waals surface area (Å²) < 4.78 is 10.5. The van der Waals surface area contributed by atoms with Gasteiger partial charge in [-0.1, -0.05) is 0 Å². The topological polar surface area (TPSA) is 48.4 Å². The first-order valence-corrected chi connectivity index (χ1v) is 7.15. The summed E-state index contributed by atoms with van der Waals surface area (Å²) in [6.07, 6.45) is 4.40. The Labute approximate surface area is 111 Å². The monoisotopic (exact) mass is 267 g/mol. The minimum atomic E-state index is -0.176. The highest BCUT2D eigenvalue weighted by Gasteiger charge is 2.32. The van der Waals surface area contributed by atoms with Crippen molar-refractivity contribution in [3.05, 3.63) is 24.5 Å². The van der Waals surface area contributed by atoms with Crippen molar-refractivity contribution in [3.63, 3.8) is 0 Å². The Morgan fingerprint density at radius 3 is 3.17 bits per heavy atom. The molecule has 2 atom stereocenters. The molecule has 5 heteroatoms. The Morgan fingerprint density at radius 1 is 1.67 bits per heavy atom. The molecule has 2 unspecified atom stereocenters. The fourth-order valence-electron chi connectivity index (χ4n) is 2.04. The lowest BCUT2D eigenvalue weighted by Gasteiger charge is -2.20. The minimum Gasteiger partial charge on any atom is -0.491 e. The van der Waals surface area contributed by atoms with Gasteiger partial charge in [-0.15, -0.1) is 0 Å². The number of hydrogen-bond acceptors (Lipinski definition) is 5. The number of nitrogens with zero attached hydrogens (tertiary/aromatic N) is 1. The zero-order valence-corrected chi connectivity index (χ0v) is 11.2. The molecular formula is C13H17NO3S. The highest BCUT2D eigenvalue weighted by molar-refractivity contribution is 7.99. The summed E-state index contributed by atoms with van der Waals surface area (Å²) in [5, 5.41) is 0. The van der Waals surface area contributed by atoms with Crippen molar-refractivity contribution in [1.29, 1.82) is 0 Å². The van der Waals surface area contributed by atoms with E-state index in [4.69, 9.17) is 9.47 Å². The number of carbonyl (C=O) groups excluding carboxylic acids is 1. The summed E-state index contributed by atoms with van der Waals surface area (Å²) in [4.78, 5) is 15.8. The molecule has 0 N–H and O–H groups in total. The normalized spacial score (nSPS) is 20.4. The van der Waals surface area contributed by atoms with Crippen LogP contribution in [0.15, 0.2) is 24.5 Å². The maximum absolute atomic E-state index is 11.8. The lowest BCUT2D eigenvalue weighted by Crippen LogP contribution is -2.30. The number of ether oxygens (including phenoxy) is 2. The molecule has 1 aliphatic heterocycles. The fourth-order valence-corrected chi connectivity index (χ4v) is 3.37. The molecule has 1 aromatic rings. The van der Waals surface area contributed by atoms with Crippen LogP contribution in [0.4, 0.5) is 0 Å². The van der Waals surface area contributed by atoms with E-state index in [9.17, 15) is 4.79 Å². The summed E-state index contributed by atoms with van der Waals surface area (Å²) in [7, 11) is 1.43. The molecule has 0 bridgehead atoms. The van der Waals surface area contributed by atoms with E-state index in [-0.39, 0.29) is 11.9 Å². The standard InChI is InChI=1S/C13H17NO3S/c1-16-13(15)12(10-4-6-18-9-10)8-17-11-3-2-5-14-7-11/h2-3,5,7,10,12H,4,6,8-9H2,1H3. The van der Waals surface area contributed by atoms with Crippen LogP contribution in [0.3, 0.4) is 0 Å². The van der Waals surface area contributed by atoms with Crippen molar-refractivity contribution < 1.29 is 14.3 Å². The van der Waals surface area contributed by atoms with E-state index in [1.165, 1.54) is 7.11 Å². The zero-order valence-electron chi connectivity index (χ0n) is 10.4. The summed E-state index contributed by atoms with van der Waals surface area (Å²) in [6, 6.07) is 3.65. The van der Waals surface area contributed by atoms with Crippen LogP contribution < -0.4 is 4.74 Å². The number of esters is 1. The predicted octanol–water partition coefficient (Wildman–Crippen LogP) is 2.00. The number of aromatic nitrogens is 1. The smallest absolute Gasteiger partial charge is 0.312 e. The average molecular weight is 267 g/mol. The molecule has 2 rings (SSSR count). The fraction of sp³-hybridized carbons (Fsp3) is 0.538. The number of carbonyl (C=O) groups is 1. The van der Waals surface area contributed by atoms with Crippen molar-refractivity contribution in [2.24, 2.45) is 11.8 Å². The maximum Gasteiger partial charge on any atom is 0.312 e. The van der Waals surface area contributed by atoms with Gasteiger partial charge < -0.3 is 9.47 Å². The van der Waals surface area contributed by atoms with E-state index < -0.39 is 0 Å². The first-order valence-electron chi connectivity index (χ1n) is 5.99. The quantitative estimate of drug-likeness (QED) is 0.764. The molecule has 98 valence electrons. The molecule has 0 saturated carbocycles. The van der Waals surface area contributed by atoms with Crippen LogP contribution in [0.2, 0.25) is 0 Å². The molecule has 0 aromatic carbocycles. The summed E-state index contributed by atoms with van der Waals surface area (Å²) in [6.45, 7) is 0.365. The third-order valence-corrected chi connectivity index (χ3v) is 4.29. The Morgan fingerprint density at radius 2 is 2.56 bits per heavy atom. The molecule has 1 fully saturated rings. The minimum absolute atomic E-state index is 0.175. The summed E-state index contributed by atoms with van der Waals surface area (Å²) >= 11 is 1.88. The van der Waals surface area contributed by atoms with Crippen LogP contribution in [-0.4, -0.2) is 36.2 Å². The molecule has 1 saturated heterocycles. The number of thioether (sulfide) groups is 1. The van der Waals surface area contributed by atoms with Gasteiger partial charge in [0.1, 0.15) is 12.4 Å². The molecule has 0 spiro atoms. The highest BCUT2D eigenvalue weighted by Crippen LogP contribution is 2.31. The second-order valence-corrected chi connectivity index (χ2v) is 5.40. The maximum atomic E-state index is 11.8. The molecular weight excluding hydrogens is 250 g/mol. The van der Waals surface area contributed by atoms with Gasteiger partial charge in [0, 0.05) is 6.20 Å². The van der Waals surface area contributed by atoms with Crippen molar-refractivity contribution >= 4 is 17.7 Å². The van der Waals surface area contributed by atoms with Crippen LogP contribution >= 0.6 is 11.8 Å². The second-order valence-electron chi connectivity index (χ2n) is 4.25. The molecule has 0 aliphatic carbocycles. The average Bonchev–Trinajstić information content (AvgIpc) is 2.94. The second kappa shape index (κ2) is 6.64.